The zero-order chi connectivity index (χ0) is 19.4. The summed E-state index contributed by atoms with van der Waals surface area (Å²) in [6, 6.07) is 15.4. The van der Waals surface area contributed by atoms with Crippen LogP contribution in [0.25, 0.3) is 0 Å². The van der Waals surface area contributed by atoms with Crippen molar-refractivity contribution in [2.45, 2.75) is 23.8 Å². The van der Waals surface area contributed by atoms with Gasteiger partial charge < -0.3 is 9.64 Å². The monoisotopic (exact) mass is 388 g/mol. The summed E-state index contributed by atoms with van der Waals surface area (Å²) >= 11 is 0. The Kier molecular flexibility index (Phi) is 5.94. The van der Waals surface area contributed by atoms with Crippen molar-refractivity contribution in [1.82, 2.24) is 4.31 Å². The molecular weight excluding hydrogens is 364 g/mol. The second kappa shape index (κ2) is 8.21. The Morgan fingerprint density at radius 2 is 1.74 bits per heavy atom. The van der Waals surface area contributed by atoms with Crippen molar-refractivity contribution >= 4 is 21.6 Å². The largest absolute Gasteiger partial charge is 0.377 e. The first-order valence-electron chi connectivity index (χ1n) is 8.90. The second-order valence-corrected chi connectivity index (χ2v) is 8.69. The lowest BCUT2D eigenvalue weighted by molar-refractivity contribution is 0.0979. The van der Waals surface area contributed by atoms with E-state index >= 15 is 0 Å². The van der Waals surface area contributed by atoms with Gasteiger partial charge in [0.2, 0.25) is 10.0 Å². The molecule has 0 radical (unpaired) electrons. The summed E-state index contributed by atoms with van der Waals surface area (Å²) in [5, 5.41) is 0. The Bertz CT molecular complexity index is 876. The molecule has 1 amide bonds. The van der Waals surface area contributed by atoms with Gasteiger partial charge in [-0.3, -0.25) is 4.79 Å². The van der Waals surface area contributed by atoms with Crippen molar-refractivity contribution in [3.8, 4) is 0 Å². The molecule has 144 valence electrons. The van der Waals surface area contributed by atoms with E-state index in [1.807, 2.05) is 30.3 Å². The number of nitrogens with zero attached hydrogens (tertiary/aromatic N) is 2. The first kappa shape index (κ1) is 19.5. The molecule has 1 fully saturated rings. The first-order valence-corrected chi connectivity index (χ1v) is 10.3. The van der Waals surface area contributed by atoms with Crippen molar-refractivity contribution in [1.29, 1.82) is 0 Å². The third-order valence-corrected chi connectivity index (χ3v) is 6.58. The minimum absolute atomic E-state index is 0.0508. The molecule has 2 aromatic carbocycles. The summed E-state index contributed by atoms with van der Waals surface area (Å²) in [6.45, 7) is 1.02. The minimum atomic E-state index is -3.61. The van der Waals surface area contributed by atoms with E-state index in [1.54, 1.807) is 26.2 Å². The predicted octanol–water partition coefficient (Wildman–Crippen LogP) is 2.76. The highest BCUT2D eigenvalue weighted by Gasteiger charge is 2.26. The summed E-state index contributed by atoms with van der Waals surface area (Å²) < 4.78 is 32.3. The molecule has 0 bridgehead atoms. The molecule has 7 heteroatoms. The fourth-order valence-electron chi connectivity index (χ4n) is 3.09. The highest BCUT2D eigenvalue weighted by Crippen LogP contribution is 2.20. The number of benzene rings is 2. The van der Waals surface area contributed by atoms with Crippen LogP contribution in [0.2, 0.25) is 0 Å². The number of hydrogen-bond donors (Lipinski definition) is 0. The van der Waals surface area contributed by atoms with Gasteiger partial charge in [-0.1, -0.05) is 18.2 Å². The molecule has 3 rings (SSSR count). The SMILES string of the molecule is CN(C(=O)c1ccc(S(=O)(=O)N(C)C[C@H]2CCCO2)cc1)c1ccccc1. The summed E-state index contributed by atoms with van der Waals surface area (Å²) in [6.07, 6.45) is 1.79. The number of amides is 1. The Balaban J connectivity index is 1.73. The third kappa shape index (κ3) is 4.37. The summed E-state index contributed by atoms with van der Waals surface area (Å²) in [5.41, 5.74) is 1.21. The average Bonchev–Trinajstić information content (AvgIpc) is 3.20. The molecule has 1 aliphatic rings. The van der Waals surface area contributed by atoms with E-state index < -0.39 is 10.0 Å². The van der Waals surface area contributed by atoms with Crippen molar-refractivity contribution in [2.24, 2.45) is 0 Å². The van der Waals surface area contributed by atoms with Crippen LogP contribution >= 0.6 is 0 Å². The molecule has 2 aromatic rings. The van der Waals surface area contributed by atoms with E-state index in [1.165, 1.54) is 21.3 Å². The molecular formula is C20H24N2O4S. The third-order valence-electron chi connectivity index (χ3n) is 4.74. The topological polar surface area (TPSA) is 66.9 Å². The number of ether oxygens (including phenoxy) is 1. The maximum Gasteiger partial charge on any atom is 0.258 e. The molecule has 1 aliphatic heterocycles. The van der Waals surface area contributed by atoms with Gasteiger partial charge in [0.25, 0.3) is 5.91 Å². The van der Waals surface area contributed by atoms with E-state index in [2.05, 4.69) is 0 Å². The maximum atomic E-state index is 12.7. The lowest BCUT2D eigenvalue weighted by atomic mass is 10.2. The van der Waals surface area contributed by atoms with E-state index in [9.17, 15) is 13.2 Å². The molecule has 1 atom stereocenters. The average molecular weight is 388 g/mol. The Labute approximate surface area is 160 Å². The molecule has 27 heavy (non-hydrogen) atoms. The Hall–Kier alpha value is -2.22. The first-order chi connectivity index (χ1) is 12.9. The van der Waals surface area contributed by atoms with Gasteiger partial charge in [0.1, 0.15) is 0 Å². The highest BCUT2D eigenvalue weighted by atomic mass is 32.2. The van der Waals surface area contributed by atoms with Crippen molar-refractivity contribution in [3.63, 3.8) is 0 Å². The van der Waals surface area contributed by atoms with Gasteiger partial charge in [-0.15, -0.1) is 0 Å². The molecule has 0 aromatic heterocycles. The summed E-state index contributed by atoms with van der Waals surface area (Å²) in [4.78, 5) is 14.3. The van der Waals surface area contributed by atoms with Crippen LogP contribution in [0.1, 0.15) is 23.2 Å². The molecule has 0 aliphatic carbocycles. The van der Waals surface area contributed by atoms with Gasteiger partial charge >= 0.3 is 0 Å². The van der Waals surface area contributed by atoms with Crippen LogP contribution in [0.5, 0.6) is 0 Å². The van der Waals surface area contributed by atoms with Gasteiger partial charge in [-0.2, -0.15) is 4.31 Å². The van der Waals surface area contributed by atoms with E-state index in [0.29, 0.717) is 18.7 Å². The summed E-state index contributed by atoms with van der Waals surface area (Å²) in [5.74, 6) is -0.196. The lowest BCUT2D eigenvalue weighted by Crippen LogP contribution is -2.34. The second-order valence-electron chi connectivity index (χ2n) is 6.64. The number of anilines is 1. The number of sulfonamides is 1. The summed E-state index contributed by atoms with van der Waals surface area (Å²) in [7, 11) is -0.366. The Morgan fingerprint density at radius 3 is 2.33 bits per heavy atom. The smallest absolute Gasteiger partial charge is 0.258 e. The van der Waals surface area contributed by atoms with Gasteiger partial charge in [0.05, 0.1) is 11.0 Å². The zero-order valence-corrected chi connectivity index (χ0v) is 16.4. The van der Waals surface area contributed by atoms with Crippen LogP contribution in [-0.2, 0) is 14.8 Å². The Morgan fingerprint density at radius 1 is 1.07 bits per heavy atom. The van der Waals surface area contributed by atoms with Crippen LogP contribution in [-0.4, -0.2) is 52.0 Å². The fraction of sp³-hybridized carbons (Fsp3) is 0.350. The van der Waals surface area contributed by atoms with Crippen LogP contribution in [0.4, 0.5) is 5.69 Å². The molecule has 1 heterocycles. The standard InChI is InChI=1S/C20H24N2O4S/c1-21(15-18-9-6-14-26-18)27(24,25)19-12-10-16(11-13-19)20(23)22(2)17-7-4-3-5-8-17/h3-5,7-8,10-13,18H,6,9,14-15H2,1-2H3/t18-/m1/s1. The minimum Gasteiger partial charge on any atom is -0.377 e. The fourth-order valence-corrected chi connectivity index (χ4v) is 4.29. The number of para-hydroxylation sites is 1. The van der Waals surface area contributed by atoms with Gasteiger partial charge in [-0.05, 0) is 49.2 Å². The zero-order valence-electron chi connectivity index (χ0n) is 15.5. The van der Waals surface area contributed by atoms with Gasteiger partial charge in [0, 0.05) is 38.5 Å². The lowest BCUT2D eigenvalue weighted by Gasteiger charge is -2.21. The molecule has 0 unspecified atom stereocenters. The molecule has 1 saturated heterocycles. The van der Waals surface area contributed by atoms with Crippen molar-refractivity contribution in [2.75, 3.05) is 32.1 Å². The van der Waals surface area contributed by atoms with Crippen LogP contribution in [0.15, 0.2) is 59.5 Å². The number of carbonyl (C=O) groups is 1. The van der Waals surface area contributed by atoms with Crippen molar-refractivity contribution < 1.29 is 17.9 Å². The number of hydrogen-bond acceptors (Lipinski definition) is 4. The van der Waals surface area contributed by atoms with Crippen molar-refractivity contribution in [3.05, 3.63) is 60.2 Å². The van der Waals surface area contributed by atoms with Crippen LogP contribution in [0, 0.1) is 0 Å². The molecule has 0 spiro atoms. The van der Waals surface area contributed by atoms with E-state index in [-0.39, 0.29) is 16.9 Å². The molecule has 0 saturated carbocycles. The number of rotatable bonds is 6. The number of carbonyl (C=O) groups excluding carboxylic acids is 1. The quantitative estimate of drug-likeness (QED) is 0.763. The predicted molar refractivity (Wildman–Crippen MR) is 104 cm³/mol. The van der Waals surface area contributed by atoms with E-state index in [0.717, 1.165) is 18.5 Å². The number of likely N-dealkylation sites (N-methyl/N-ethyl adjacent to an activating group) is 1. The maximum absolute atomic E-state index is 12.7. The molecule has 6 nitrogen and oxygen atoms in total. The van der Waals surface area contributed by atoms with Gasteiger partial charge in [-0.25, -0.2) is 8.42 Å². The van der Waals surface area contributed by atoms with E-state index in [4.69, 9.17) is 4.74 Å². The highest BCUT2D eigenvalue weighted by molar-refractivity contribution is 7.89. The van der Waals surface area contributed by atoms with Crippen LogP contribution in [0.3, 0.4) is 0 Å². The molecule has 0 N–H and O–H groups in total. The normalized spacial score (nSPS) is 17.2. The van der Waals surface area contributed by atoms with Crippen LogP contribution < -0.4 is 4.90 Å². The van der Waals surface area contributed by atoms with Gasteiger partial charge in [0.15, 0.2) is 0 Å².